The normalized spacial score (nSPS) is 18.3. The number of nitrogens with zero attached hydrogens (tertiary/aromatic N) is 2. The average molecular weight is 242 g/mol. The monoisotopic (exact) mass is 242 g/mol. The summed E-state index contributed by atoms with van der Waals surface area (Å²) in [6.07, 6.45) is 3.91. The molecule has 1 fully saturated rings. The molecule has 0 radical (unpaired) electrons. The highest BCUT2D eigenvalue weighted by molar-refractivity contribution is 5.34. The minimum atomic E-state index is 0.0161. The minimum Gasteiger partial charge on any atom is -0.302 e. The van der Waals surface area contributed by atoms with Crippen LogP contribution in [0, 0.1) is 25.2 Å². The Morgan fingerprint density at radius 2 is 1.89 bits per heavy atom. The molecule has 0 spiro atoms. The number of aryl methyl sites for hydroxylation is 2. The molecule has 1 aromatic rings. The van der Waals surface area contributed by atoms with Crippen molar-refractivity contribution in [2.75, 3.05) is 19.6 Å². The van der Waals surface area contributed by atoms with E-state index in [1.165, 1.54) is 36.0 Å². The highest BCUT2D eigenvalue weighted by atomic mass is 15.1. The molecule has 1 saturated heterocycles. The molecule has 1 aliphatic rings. The summed E-state index contributed by atoms with van der Waals surface area (Å²) in [5.74, 6) is 0.0161. The SMILES string of the molecule is Cc1ccc(C(C#N)CN2CCCCC2)cc1C. The first kappa shape index (κ1) is 13.1. The molecule has 0 N–H and O–H groups in total. The molecule has 2 heteroatoms. The maximum Gasteiger partial charge on any atom is 0.0839 e. The van der Waals surface area contributed by atoms with Crippen LogP contribution in [-0.4, -0.2) is 24.5 Å². The van der Waals surface area contributed by atoms with E-state index in [1.54, 1.807) is 0 Å². The number of piperidine rings is 1. The highest BCUT2D eigenvalue weighted by Gasteiger charge is 2.17. The van der Waals surface area contributed by atoms with Crippen LogP contribution >= 0.6 is 0 Å². The van der Waals surface area contributed by atoms with Gasteiger partial charge in [0, 0.05) is 6.54 Å². The van der Waals surface area contributed by atoms with Gasteiger partial charge in [-0.3, -0.25) is 0 Å². The molecule has 1 unspecified atom stereocenters. The molecule has 0 aliphatic carbocycles. The van der Waals surface area contributed by atoms with Crippen LogP contribution in [0.1, 0.15) is 41.9 Å². The third-order valence-electron chi connectivity index (χ3n) is 3.98. The molecule has 0 saturated carbocycles. The zero-order chi connectivity index (χ0) is 13.0. The average Bonchev–Trinajstić information content (AvgIpc) is 2.40. The van der Waals surface area contributed by atoms with Crippen LogP contribution in [0.5, 0.6) is 0 Å². The van der Waals surface area contributed by atoms with Crippen LogP contribution in [0.3, 0.4) is 0 Å². The van der Waals surface area contributed by atoms with Crippen molar-refractivity contribution in [1.29, 1.82) is 5.26 Å². The first-order chi connectivity index (χ1) is 8.70. The van der Waals surface area contributed by atoms with E-state index in [1.807, 2.05) is 0 Å². The van der Waals surface area contributed by atoms with E-state index in [-0.39, 0.29) is 5.92 Å². The summed E-state index contributed by atoms with van der Waals surface area (Å²) in [5, 5.41) is 9.39. The van der Waals surface area contributed by atoms with E-state index >= 15 is 0 Å². The Kier molecular flexibility index (Phi) is 4.38. The van der Waals surface area contributed by atoms with Gasteiger partial charge in [-0.05, 0) is 56.5 Å². The second kappa shape index (κ2) is 6.02. The van der Waals surface area contributed by atoms with Gasteiger partial charge in [0.15, 0.2) is 0 Å². The van der Waals surface area contributed by atoms with Crippen molar-refractivity contribution in [1.82, 2.24) is 4.90 Å². The summed E-state index contributed by atoms with van der Waals surface area (Å²) in [6, 6.07) is 8.89. The Hall–Kier alpha value is -1.33. The van der Waals surface area contributed by atoms with E-state index < -0.39 is 0 Å². The molecular formula is C16H22N2. The van der Waals surface area contributed by atoms with Crippen molar-refractivity contribution in [3.8, 4) is 6.07 Å². The van der Waals surface area contributed by atoms with Gasteiger partial charge in [0.1, 0.15) is 0 Å². The fourth-order valence-electron chi connectivity index (χ4n) is 2.60. The first-order valence-electron chi connectivity index (χ1n) is 6.90. The van der Waals surface area contributed by atoms with Gasteiger partial charge < -0.3 is 4.90 Å². The summed E-state index contributed by atoms with van der Waals surface area (Å²) in [5.41, 5.74) is 3.76. The molecule has 1 heterocycles. The topological polar surface area (TPSA) is 27.0 Å². The zero-order valence-corrected chi connectivity index (χ0v) is 11.4. The molecule has 1 atom stereocenters. The van der Waals surface area contributed by atoms with E-state index in [9.17, 15) is 5.26 Å². The Labute approximate surface area is 110 Å². The molecule has 96 valence electrons. The maximum atomic E-state index is 9.39. The summed E-state index contributed by atoms with van der Waals surface area (Å²) >= 11 is 0. The van der Waals surface area contributed by atoms with Crippen LogP contribution in [-0.2, 0) is 0 Å². The number of benzene rings is 1. The molecule has 2 rings (SSSR count). The highest BCUT2D eigenvalue weighted by Crippen LogP contribution is 2.21. The Balaban J connectivity index is 2.07. The van der Waals surface area contributed by atoms with Crippen molar-refractivity contribution < 1.29 is 0 Å². The molecule has 0 aromatic heterocycles. The number of rotatable bonds is 3. The molecule has 0 amide bonds. The van der Waals surface area contributed by atoms with Crippen LogP contribution in [0.25, 0.3) is 0 Å². The van der Waals surface area contributed by atoms with Gasteiger partial charge in [-0.25, -0.2) is 0 Å². The fraction of sp³-hybridized carbons (Fsp3) is 0.562. The predicted octanol–water partition coefficient (Wildman–Crippen LogP) is 3.40. The lowest BCUT2D eigenvalue weighted by Crippen LogP contribution is -2.33. The molecule has 1 aliphatic heterocycles. The van der Waals surface area contributed by atoms with Gasteiger partial charge in [0.05, 0.1) is 12.0 Å². The number of hydrogen-bond acceptors (Lipinski definition) is 2. The predicted molar refractivity (Wildman–Crippen MR) is 74.6 cm³/mol. The summed E-state index contributed by atoms with van der Waals surface area (Å²) in [6.45, 7) is 7.43. The van der Waals surface area contributed by atoms with Crippen LogP contribution < -0.4 is 0 Å². The quantitative estimate of drug-likeness (QED) is 0.812. The van der Waals surface area contributed by atoms with Gasteiger partial charge in [-0.1, -0.05) is 24.6 Å². The third kappa shape index (κ3) is 3.11. The van der Waals surface area contributed by atoms with Crippen LogP contribution in [0.15, 0.2) is 18.2 Å². The lowest BCUT2D eigenvalue weighted by Gasteiger charge is -2.28. The Bertz CT molecular complexity index is 439. The van der Waals surface area contributed by atoms with Crippen LogP contribution in [0.2, 0.25) is 0 Å². The Morgan fingerprint density at radius 1 is 1.17 bits per heavy atom. The van der Waals surface area contributed by atoms with Gasteiger partial charge in [-0.15, -0.1) is 0 Å². The number of likely N-dealkylation sites (tertiary alicyclic amines) is 1. The van der Waals surface area contributed by atoms with E-state index in [4.69, 9.17) is 0 Å². The smallest absolute Gasteiger partial charge is 0.0839 e. The standard InChI is InChI=1S/C16H22N2/c1-13-6-7-15(10-14(13)2)16(11-17)12-18-8-4-3-5-9-18/h6-7,10,16H,3-5,8-9,12H2,1-2H3. The molecule has 2 nitrogen and oxygen atoms in total. The second-order valence-electron chi connectivity index (χ2n) is 5.39. The molecule has 0 bridgehead atoms. The van der Waals surface area contributed by atoms with Gasteiger partial charge in [0.2, 0.25) is 0 Å². The number of nitriles is 1. The second-order valence-corrected chi connectivity index (χ2v) is 5.39. The van der Waals surface area contributed by atoms with Gasteiger partial charge in [-0.2, -0.15) is 5.26 Å². The largest absolute Gasteiger partial charge is 0.302 e. The van der Waals surface area contributed by atoms with E-state index in [0.717, 1.165) is 19.6 Å². The van der Waals surface area contributed by atoms with Crippen molar-refractivity contribution in [2.24, 2.45) is 0 Å². The third-order valence-corrected chi connectivity index (χ3v) is 3.98. The molecular weight excluding hydrogens is 220 g/mol. The Morgan fingerprint density at radius 3 is 2.50 bits per heavy atom. The maximum absolute atomic E-state index is 9.39. The molecule has 1 aromatic carbocycles. The van der Waals surface area contributed by atoms with E-state index in [0.29, 0.717) is 0 Å². The summed E-state index contributed by atoms with van der Waals surface area (Å²) < 4.78 is 0. The number of hydrogen-bond donors (Lipinski definition) is 0. The van der Waals surface area contributed by atoms with Crippen LogP contribution in [0.4, 0.5) is 0 Å². The van der Waals surface area contributed by atoms with Crippen molar-refractivity contribution in [3.63, 3.8) is 0 Å². The van der Waals surface area contributed by atoms with Gasteiger partial charge >= 0.3 is 0 Å². The van der Waals surface area contributed by atoms with Crippen molar-refractivity contribution in [2.45, 2.75) is 39.0 Å². The summed E-state index contributed by atoms with van der Waals surface area (Å²) in [7, 11) is 0. The van der Waals surface area contributed by atoms with Crippen molar-refractivity contribution in [3.05, 3.63) is 34.9 Å². The summed E-state index contributed by atoms with van der Waals surface area (Å²) in [4.78, 5) is 2.44. The fourth-order valence-corrected chi connectivity index (χ4v) is 2.60. The van der Waals surface area contributed by atoms with Gasteiger partial charge in [0.25, 0.3) is 0 Å². The molecule has 18 heavy (non-hydrogen) atoms. The van der Waals surface area contributed by atoms with E-state index in [2.05, 4.69) is 43.0 Å². The minimum absolute atomic E-state index is 0.0161. The lowest BCUT2D eigenvalue weighted by atomic mass is 9.95. The van der Waals surface area contributed by atoms with Crippen molar-refractivity contribution >= 4 is 0 Å². The zero-order valence-electron chi connectivity index (χ0n) is 11.4. The lowest BCUT2D eigenvalue weighted by molar-refractivity contribution is 0.225. The first-order valence-corrected chi connectivity index (χ1v) is 6.90.